The molecule has 1 aliphatic rings. The summed E-state index contributed by atoms with van der Waals surface area (Å²) < 4.78 is 23.0. The second kappa shape index (κ2) is 5.39. The van der Waals surface area contributed by atoms with E-state index in [1.807, 2.05) is 30.1 Å². The Hall–Kier alpha value is -0.260. The van der Waals surface area contributed by atoms with Crippen molar-refractivity contribution in [1.29, 1.82) is 0 Å². The molecule has 0 aliphatic carbocycles. The Morgan fingerprint density at radius 2 is 2.22 bits per heavy atom. The lowest BCUT2D eigenvalue weighted by Gasteiger charge is -2.26. The molecule has 0 spiro atoms. The minimum Gasteiger partial charge on any atom is -0.371 e. The summed E-state index contributed by atoms with van der Waals surface area (Å²) in [6.45, 7) is 0. The smallest absolute Gasteiger partial charge is 0.152 e. The zero-order valence-electron chi connectivity index (χ0n) is 10.1. The van der Waals surface area contributed by atoms with Crippen molar-refractivity contribution >= 4 is 43.1 Å². The normalized spacial score (nSPS) is 22.1. The van der Waals surface area contributed by atoms with Crippen LogP contribution in [-0.4, -0.2) is 33.0 Å². The SMILES string of the molecule is CN(c1ccc(CBr)c(Cl)c1)C1CCS(=O)(=O)C1. The van der Waals surface area contributed by atoms with Gasteiger partial charge in [0.15, 0.2) is 9.84 Å². The molecule has 6 heteroatoms. The van der Waals surface area contributed by atoms with Gasteiger partial charge in [-0.05, 0) is 24.1 Å². The van der Waals surface area contributed by atoms with Crippen LogP contribution in [0.2, 0.25) is 5.02 Å². The fraction of sp³-hybridized carbons (Fsp3) is 0.500. The van der Waals surface area contributed by atoms with Crippen molar-refractivity contribution in [2.24, 2.45) is 0 Å². The van der Waals surface area contributed by atoms with E-state index in [2.05, 4.69) is 15.9 Å². The standard InChI is InChI=1S/C12H15BrClNO2S/c1-15(11-4-5-18(16,17)8-11)10-3-2-9(7-13)12(14)6-10/h2-3,6,11H,4-5,7-8H2,1H3. The van der Waals surface area contributed by atoms with Crippen molar-refractivity contribution in [3.05, 3.63) is 28.8 Å². The molecule has 0 aromatic heterocycles. The van der Waals surface area contributed by atoms with Crippen molar-refractivity contribution < 1.29 is 8.42 Å². The Kier molecular flexibility index (Phi) is 4.24. The summed E-state index contributed by atoms with van der Waals surface area (Å²) in [7, 11) is -0.932. The van der Waals surface area contributed by atoms with Crippen LogP contribution in [0.3, 0.4) is 0 Å². The molecular formula is C12H15BrClNO2S. The van der Waals surface area contributed by atoms with E-state index in [-0.39, 0.29) is 17.5 Å². The second-order valence-corrected chi connectivity index (χ2v) is 7.77. The Balaban J connectivity index is 2.19. The van der Waals surface area contributed by atoms with Crippen molar-refractivity contribution in [2.75, 3.05) is 23.5 Å². The van der Waals surface area contributed by atoms with E-state index >= 15 is 0 Å². The highest BCUT2D eigenvalue weighted by molar-refractivity contribution is 9.08. The summed E-state index contributed by atoms with van der Waals surface area (Å²) in [6.07, 6.45) is 0.691. The molecule has 1 heterocycles. The maximum absolute atomic E-state index is 11.5. The fourth-order valence-corrected chi connectivity index (χ4v) is 4.82. The van der Waals surface area contributed by atoms with Crippen LogP contribution in [0.4, 0.5) is 5.69 Å². The van der Waals surface area contributed by atoms with Gasteiger partial charge in [0.1, 0.15) is 0 Å². The first kappa shape index (κ1) is 14.2. The molecule has 1 unspecified atom stereocenters. The molecule has 1 aromatic rings. The Morgan fingerprint density at radius 1 is 1.50 bits per heavy atom. The second-order valence-electron chi connectivity index (χ2n) is 4.58. The first-order valence-electron chi connectivity index (χ1n) is 5.70. The van der Waals surface area contributed by atoms with E-state index in [1.165, 1.54) is 0 Å². The van der Waals surface area contributed by atoms with E-state index in [0.29, 0.717) is 16.8 Å². The topological polar surface area (TPSA) is 37.4 Å². The first-order chi connectivity index (χ1) is 8.43. The lowest BCUT2D eigenvalue weighted by Crippen LogP contribution is -2.32. The lowest BCUT2D eigenvalue weighted by atomic mass is 10.1. The molecule has 1 fully saturated rings. The quantitative estimate of drug-likeness (QED) is 0.785. The third-order valence-corrected chi connectivity index (χ3v) is 6.05. The van der Waals surface area contributed by atoms with Gasteiger partial charge in [0.05, 0.1) is 11.5 Å². The summed E-state index contributed by atoms with van der Waals surface area (Å²) >= 11 is 9.54. The van der Waals surface area contributed by atoms with E-state index in [1.54, 1.807) is 0 Å². The molecule has 0 amide bonds. The molecule has 2 rings (SSSR count). The number of hydrogen-bond donors (Lipinski definition) is 0. The largest absolute Gasteiger partial charge is 0.371 e. The van der Waals surface area contributed by atoms with Crippen molar-refractivity contribution in [3.8, 4) is 0 Å². The number of alkyl halides is 1. The number of rotatable bonds is 3. The Labute approximate surface area is 121 Å². The number of halogens is 2. The van der Waals surface area contributed by atoms with Crippen molar-refractivity contribution in [1.82, 2.24) is 0 Å². The van der Waals surface area contributed by atoms with Gasteiger partial charge in [-0.1, -0.05) is 33.6 Å². The van der Waals surface area contributed by atoms with Crippen LogP contribution in [0.25, 0.3) is 0 Å². The molecular weight excluding hydrogens is 338 g/mol. The van der Waals surface area contributed by atoms with E-state index in [9.17, 15) is 8.42 Å². The maximum Gasteiger partial charge on any atom is 0.152 e. The van der Waals surface area contributed by atoms with Gasteiger partial charge < -0.3 is 4.90 Å². The van der Waals surface area contributed by atoms with Gasteiger partial charge in [-0.3, -0.25) is 0 Å². The minimum absolute atomic E-state index is 0.0564. The molecule has 0 radical (unpaired) electrons. The molecule has 0 bridgehead atoms. The van der Waals surface area contributed by atoms with Crippen LogP contribution in [0, 0.1) is 0 Å². The van der Waals surface area contributed by atoms with E-state index < -0.39 is 9.84 Å². The molecule has 18 heavy (non-hydrogen) atoms. The van der Waals surface area contributed by atoms with E-state index in [4.69, 9.17) is 11.6 Å². The first-order valence-corrected chi connectivity index (χ1v) is 9.02. The maximum atomic E-state index is 11.5. The molecule has 0 saturated carbocycles. The summed E-state index contributed by atoms with van der Waals surface area (Å²) in [5.41, 5.74) is 2.00. The minimum atomic E-state index is -2.85. The number of benzene rings is 1. The number of anilines is 1. The highest BCUT2D eigenvalue weighted by Gasteiger charge is 2.30. The van der Waals surface area contributed by atoms with Crippen molar-refractivity contribution in [2.45, 2.75) is 17.8 Å². The van der Waals surface area contributed by atoms with Gasteiger partial charge in [0.2, 0.25) is 0 Å². The summed E-state index contributed by atoms with van der Waals surface area (Å²) in [6, 6.07) is 5.89. The van der Waals surface area contributed by atoms with Crippen LogP contribution in [0.15, 0.2) is 18.2 Å². The van der Waals surface area contributed by atoms with Crippen LogP contribution in [0.1, 0.15) is 12.0 Å². The molecule has 1 aromatic carbocycles. The number of nitrogens with zero attached hydrogens (tertiary/aromatic N) is 1. The van der Waals surface area contributed by atoms with Gasteiger partial charge in [0.25, 0.3) is 0 Å². The van der Waals surface area contributed by atoms with Crippen LogP contribution < -0.4 is 4.90 Å². The monoisotopic (exact) mass is 351 g/mol. The third-order valence-electron chi connectivity index (χ3n) is 3.34. The molecule has 100 valence electrons. The molecule has 0 N–H and O–H groups in total. The fourth-order valence-electron chi connectivity index (χ4n) is 2.16. The van der Waals surface area contributed by atoms with Gasteiger partial charge >= 0.3 is 0 Å². The van der Waals surface area contributed by atoms with Gasteiger partial charge in [0, 0.05) is 29.1 Å². The number of hydrogen-bond acceptors (Lipinski definition) is 3. The van der Waals surface area contributed by atoms with Crippen LogP contribution in [0.5, 0.6) is 0 Å². The molecule has 1 atom stereocenters. The Morgan fingerprint density at radius 3 is 2.72 bits per heavy atom. The average Bonchev–Trinajstić information content (AvgIpc) is 2.68. The summed E-state index contributed by atoms with van der Waals surface area (Å²) in [5, 5.41) is 1.42. The zero-order valence-corrected chi connectivity index (χ0v) is 13.2. The zero-order chi connectivity index (χ0) is 13.3. The van der Waals surface area contributed by atoms with Crippen molar-refractivity contribution in [3.63, 3.8) is 0 Å². The molecule has 3 nitrogen and oxygen atoms in total. The van der Waals surface area contributed by atoms with Gasteiger partial charge in [-0.15, -0.1) is 0 Å². The predicted molar refractivity (Wildman–Crippen MR) is 79.5 cm³/mol. The highest BCUT2D eigenvalue weighted by atomic mass is 79.9. The lowest BCUT2D eigenvalue weighted by molar-refractivity contribution is 0.601. The van der Waals surface area contributed by atoms with Crippen LogP contribution in [-0.2, 0) is 15.2 Å². The molecule has 1 saturated heterocycles. The summed E-state index contributed by atoms with van der Waals surface area (Å²) in [4.78, 5) is 2.01. The molecule has 1 aliphatic heterocycles. The highest BCUT2D eigenvalue weighted by Crippen LogP contribution is 2.28. The third kappa shape index (κ3) is 3.00. The van der Waals surface area contributed by atoms with Crippen LogP contribution >= 0.6 is 27.5 Å². The van der Waals surface area contributed by atoms with E-state index in [0.717, 1.165) is 11.3 Å². The Bertz CT molecular complexity index is 547. The van der Waals surface area contributed by atoms with Gasteiger partial charge in [-0.25, -0.2) is 8.42 Å². The summed E-state index contributed by atoms with van der Waals surface area (Å²) in [5.74, 6) is 0.524. The van der Waals surface area contributed by atoms with Gasteiger partial charge in [-0.2, -0.15) is 0 Å². The number of sulfone groups is 1. The average molecular weight is 353 g/mol. The predicted octanol–water partition coefficient (Wildman–Crippen LogP) is 2.86.